The number of halogens is 2. The maximum atomic E-state index is 13.9. The lowest BCUT2D eigenvalue weighted by Gasteiger charge is -2.36. The van der Waals surface area contributed by atoms with Crippen molar-refractivity contribution in [3.63, 3.8) is 0 Å². The van der Waals surface area contributed by atoms with Crippen molar-refractivity contribution >= 4 is 27.3 Å². The predicted octanol–water partition coefficient (Wildman–Crippen LogP) is 2.08. The number of piperazine rings is 1. The Hall–Kier alpha value is -1.88. The smallest absolute Gasteiger partial charge is 0.246 e. The van der Waals surface area contributed by atoms with E-state index in [9.17, 15) is 22.0 Å². The summed E-state index contributed by atoms with van der Waals surface area (Å²) in [6.45, 7) is 3.18. The molecular weight excluding hydrogens is 420 g/mol. The minimum Gasteiger partial charge on any atom is -0.354 e. The van der Waals surface area contributed by atoms with E-state index in [1.54, 1.807) is 18.3 Å². The first-order valence-corrected chi connectivity index (χ1v) is 11.6. The van der Waals surface area contributed by atoms with Crippen LogP contribution >= 0.6 is 11.3 Å². The number of hydrogen-bond acceptors (Lipinski definition) is 5. The fourth-order valence-corrected chi connectivity index (χ4v) is 5.43. The molecule has 0 spiro atoms. The first-order valence-electron chi connectivity index (χ1n) is 9.28. The number of hydrogen-bond donors (Lipinski definition) is 1. The van der Waals surface area contributed by atoms with Crippen LogP contribution in [0.25, 0.3) is 0 Å². The zero-order valence-corrected chi connectivity index (χ0v) is 17.6. The van der Waals surface area contributed by atoms with E-state index in [0.717, 1.165) is 22.9 Å². The second-order valence-electron chi connectivity index (χ2n) is 6.81. The minimum absolute atomic E-state index is 0.102. The van der Waals surface area contributed by atoms with Crippen LogP contribution in [0.5, 0.6) is 0 Å². The standard InChI is InChI=1S/C19H23F2N3O3S2/c1-14(19(25)22-7-6-16-3-2-12-28-16)23-8-10-24(11-9-23)29(26,27)18-13-15(20)4-5-17(18)21/h2-5,12-14H,6-11H2,1H3,(H,22,25). The lowest BCUT2D eigenvalue weighted by atomic mass is 10.2. The zero-order chi connectivity index (χ0) is 21.0. The van der Waals surface area contributed by atoms with Crippen molar-refractivity contribution in [2.45, 2.75) is 24.3 Å². The summed E-state index contributed by atoms with van der Waals surface area (Å²) >= 11 is 1.64. The van der Waals surface area contributed by atoms with Gasteiger partial charge in [0.2, 0.25) is 15.9 Å². The first-order chi connectivity index (χ1) is 13.8. The molecule has 6 nitrogen and oxygen atoms in total. The summed E-state index contributed by atoms with van der Waals surface area (Å²) in [5.74, 6) is -1.90. The molecule has 1 aromatic heterocycles. The van der Waals surface area contributed by atoms with E-state index in [4.69, 9.17) is 0 Å². The first kappa shape index (κ1) is 21.8. The Bertz CT molecular complexity index is 944. The highest BCUT2D eigenvalue weighted by atomic mass is 32.2. The van der Waals surface area contributed by atoms with E-state index in [1.165, 1.54) is 4.88 Å². The van der Waals surface area contributed by atoms with E-state index < -0.39 is 32.6 Å². The number of nitrogens with one attached hydrogen (secondary N) is 1. The molecule has 0 bridgehead atoms. The van der Waals surface area contributed by atoms with Gasteiger partial charge in [-0.3, -0.25) is 9.69 Å². The van der Waals surface area contributed by atoms with Crippen molar-refractivity contribution in [1.29, 1.82) is 0 Å². The van der Waals surface area contributed by atoms with E-state index in [-0.39, 0.29) is 19.0 Å². The summed E-state index contributed by atoms with van der Waals surface area (Å²) in [7, 11) is -4.13. The average molecular weight is 444 g/mol. The number of carbonyl (C=O) groups excluding carboxylic acids is 1. The highest BCUT2D eigenvalue weighted by Crippen LogP contribution is 2.22. The summed E-state index contributed by atoms with van der Waals surface area (Å²) in [5, 5.41) is 4.89. The van der Waals surface area contributed by atoms with Gasteiger partial charge in [-0.25, -0.2) is 17.2 Å². The number of carbonyl (C=O) groups is 1. The van der Waals surface area contributed by atoms with Gasteiger partial charge in [-0.1, -0.05) is 6.07 Å². The van der Waals surface area contributed by atoms with Gasteiger partial charge in [-0.05, 0) is 43.0 Å². The lowest BCUT2D eigenvalue weighted by molar-refractivity contribution is -0.126. The summed E-state index contributed by atoms with van der Waals surface area (Å²) < 4.78 is 53.7. The van der Waals surface area contributed by atoms with Crippen LogP contribution in [0, 0.1) is 11.6 Å². The third-order valence-corrected chi connectivity index (χ3v) is 7.81. The number of nitrogens with zero attached hydrogens (tertiary/aromatic N) is 2. The highest BCUT2D eigenvalue weighted by Gasteiger charge is 2.33. The van der Waals surface area contributed by atoms with Crippen LogP contribution in [0.1, 0.15) is 11.8 Å². The van der Waals surface area contributed by atoms with Crippen LogP contribution < -0.4 is 5.32 Å². The predicted molar refractivity (Wildman–Crippen MR) is 107 cm³/mol. The van der Waals surface area contributed by atoms with Gasteiger partial charge in [0.15, 0.2) is 0 Å². The Labute approximate surface area is 173 Å². The van der Waals surface area contributed by atoms with Crippen molar-refractivity contribution in [2.24, 2.45) is 0 Å². The van der Waals surface area contributed by atoms with E-state index in [1.807, 2.05) is 22.4 Å². The fraction of sp³-hybridized carbons (Fsp3) is 0.421. The number of thiophene rings is 1. The van der Waals surface area contributed by atoms with E-state index in [0.29, 0.717) is 25.7 Å². The Morgan fingerprint density at radius 3 is 2.59 bits per heavy atom. The largest absolute Gasteiger partial charge is 0.354 e. The molecule has 1 aliphatic rings. The summed E-state index contributed by atoms with van der Waals surface area (Å²) in [4.78, 5) is 14.8. The molecule has 1 aliphatic heterocycles. The van der Waals surface area contributed by atoms with Crippen LogP contribution in [0.2, 0.25) is 0 Å². The van der Waals surface area contributed by atoms with Crippen molar-refractivity contribution in [3.05, 3.63) is 52.2 Å². The Kier molecular flexibility index (Phi) is 6.99. The van der Waals surface area contributed by atoms with Gasteiger partial charge in [-0.15, -0.1) is 11.3 Å². The van der Waals surface area contributed by atoms with Crippen molar-refractivity contribution in [1.82, 2.24) is 14.5 Å². The Morgan fingerprint density at radius 1 is 1.21 bits per heavy atom. The van der Waals surface area contributed by atoms with Crippen molar-refractivity contribution in [3.8, 4) is 0 Å². The zero-order valence-electron chi connectivity index (χ0n) is 16.0. The fourth-order valence-electron chi connectivity index (χ4n) is 3.22. The molecule has 1 amide bonds. The molecule has 0 aliphatic carbocycles. The Balaban J connectivity index is 1.53. The van der Waals surface area contributed by atoms with Crippen LogP contribution in [0.4, 0.5) is 8.78 Å². The molecule has 2 aromatic rings. The molecule has 29 heavy (non-hydrogen) atoms. The van der Waals surface area contributed by atoms with Crippen molar-refractivity contribution < 1.29 is 22.0 Å². The van der Waals surface area contributed by atoms with Gasteiger partial charge in [0, 0.05) is 37.6 Å². The molecule has 1 unspecified atom stereocenters. The van der Waals surface area contributed by atoms with Crippen LogP contribution in [-0.2, 0) is 21.2 Å². The number of sulfonamides is 1. The van der Waals surface area contributed by atoms with Gasteiger partial charge in [0.1, 0.15) is 16.5 Å². The second-order valence-corrected chi connectivity index (χ2v) is 9.75. The molecule has 1 atom stereocenters. The molecule has 1 saturated heterocycles. The molecule has 0 saturated carbocycles. The SMILES string of the molecule is CC(C(=O)NCCc1cccs1)N1CCN(S(=O)(=O)c2cc(F)ccc2F)CC1. The van der Waals surface area contributed by atoms with Gasteiger partial charge >= 0.3 is 0 Å². The molecule has 10 heteroatoms. The maximum Gasteiger partial charge on any atom is 0.246 e. The molecule has 1 fully saturated rings. The second kappa shape index (κ2) is 9.29. The van der Waals surface area contributed by atoms with E-state index in [2.05, 4.69) is 5.32 Å². The third-order valence-electron chi connectivity index (χ3n) is 4.96. The van der Waals surface area contributed by atoms with Crippen LogP contribution in [-0.4, -0.2) is 62.3 Å². The number of amides is 1. The minimum atomic E-state index is -4.13. The van der Waals surface area contributed by atoms with E-state index >= 15 is 0 Å². The molecule has 1 aromatic carbocycles. The monoisotopic (exact) mass is 443 g/mol. The number of rotatable bonds is 7. The summed E-state index contributed by atoms with van der Waals surface area (Å²) in [5.41, 5.74) is 0. The van der Waals surface area contributed by atoms with Gasteiger partial charge in [-0.2, -0.15) is 4.31 Å². The van der Waals surface area contributed by atoms with Crippen LogP contribution in [0.3, 0.4) is 0 Å². The third kappa shape index (κ3) is 5.19. The topological polar surface area (TPSA) is 69.7 Å². The molecule has 0 radical (unpaired) electrons. The highest BCUT2D eigenvalue weighted by molar-refractivity contribution is 7.89. The van der Waals surface area contributed by atoms with Crippen molar-refractivity contribution in [2.75, 3.05) is 32.7 Å². The summed E-state index contributed by atoms with van der Waals surface area (Å²) in [6.07, 6.45) is 0.765. The molecule has 158 valence electrons. The van der Waals surface area contributed by atoms with Crippen LogP contribution in [0.15, 0.2) is 40.6 Å². The molecule has 2 heterocycles. The quantitative estimate of drug-likeness (QED) is 0.712. The Morgan fingerprint density at radius 2 is 1.93 bits per heavy atom. The maximum absolute atomic E-state index is 13.9. The van der Waals surface area contributed by atoms with Gasteiger partial charge < -0.3 is 5.32 Å². The summed E-state index contributed by atoms with van der Waals surface area (Å²) in [6, 6.07) is 5.95. The molecular formula is C19H23F2N3O3S2. The average Bonchev–Trinajstić information content (AvgIpc) is 3.22. The normalized spacial score (nSPS) is 17.2. The molecule has 3 rings (SSSR count). The lowest BCUT2D eigenvalue weighted by Crippen LogP contribution is -2.55. The van der Waals surface area contributed by atoms with Gasteiger partial charge in [0.25, 0.3) is 0 Å². The number of benzene rings is 1. The van der Waals surface area contributed by atoms with Gasteiger partial charge in [0.05, 0.1) is 6.04 Å². The molecule has 1 N–H and O–H groups in total.